The van der Waals surface area contributed by atoms with Gasteiger partial charge in [0, 0.05) is 6.54 Å². The molecular formula is C14H19Cl2NO2P+. The second kappa shape index (κ2) is 7.22. The maximum Gasteiger partial charge on any atom is 0.292 e. The van der Waals surface area contributed by atoms with E-state index in [0.29, 0.717) is 22.8 Å². The molecule has 3 N–H and O–H groups in total. The molecule has 0 bridgehead atoms. The van der Waals surface area contributed by atoms with E-state index in [4.69, 9.17) is 23.2 Å². The Bertz CT molecular complexity index is 500. The average molecular weight is 335 g/mol. The summed E-state index contributed by atoms with van der Waals surface area (Å²) in [6, 6.07) is 5.54. The molecular weight excluding hydrogens is 316 g/mol. The second-order valence-corrected chi connectivity index (χ2v) is 8.17. The van der Waals surface area contributed by atoms with Gasteiger partial charge in [-0.15, -0.1) is 0 Å². The third kappa shape index (κ3) is 5.69. The van der Waals surface area contributed by atoms with Gasteiger partial charge in [-0.1, -0.05) is 29.3 Å². The van der Waals surface area contributed by atoms with Crippen LogP contribution in [0.5, 0.6) is 0 Å². The molecule has 0 amide bonds. The smallest absolute Gasteiger partial charge is 0.292 e. The number of hydrogen-bond donors (Lipinski definition) is 3. The quantitative estimate of drug-likeness (QED) is 0.522. The molecule has 110 valence electrons. The van der Waals surface area contributed by atoms with Crippen LogP contribution in [0.25, 0.3) is 0 Å². The van der Waals surface area contributed by atoms with E-state index in [1.807, 2.05) is 12.1 Å². The number of allylic oxidation sites excluding steroid dienone is 1. The molecule has 1 aliphatic carbocycles. The van der Waals surface area contributed by atoms with Crippen molar-refractivity contribution in [3.63, 3.8) is 0 Å². The fourth-order valence-corrected chi connectivity index (χ4v) is 3.79. The van der Waals surface area contributed by atoms with Gasteiger partial charge in [-0.2, -0.15) is 0 Å². The summed E-state index contributed by atoms with van der Waals surface area (Å²) in [6.07, 6.45) is 3.24. The lowest BCUT2D eigenvalue weighted by atomic mass is 10.2. The standard InChI is InChI=1S/C14H19Cl2NO2P/c15-13-5-4-12(8-14(13)16)9-17-6-1-7-20(18,19)10-11-2-3-11/h4-5,8,10,17-19H,1-3,6-7,9H2/q+1. The molecule has 2 rings (SSSR count). The Morgan fingerprint density at radius 3 is 2.60 bits per heavy atom. The van der Waals surface area contributed by atoms with Gasteiger partial charge in [0.2, 0.25) is 0 Å². The summed E-state index contributed by atoms with van der Waals surface area (Å²) in [5.74, 6) is 1.69. The van der Waals surface area contributed by atoms with Crippen LogP contribution in [0, 0.1) is 0 Å². The highest BCUT2D eigenvalue weighted by molar-refractivity contribution is 7.67. The molecule has 0 radical (unpaired) electrons. The van der Waals surface area contributed by atoms with E-state index >= 15 is 0 Å². The number of benzene rings is 1. The van der Waals surface area contributed by atoms with Crippen LogP contribution in [-0.2, 0) is 6.54 Å². The lowest BCUT2D eigenvalue weighted by Crippen LogP contribution is -2.16. The summed E-state index contributed by atoms with van der Waals surface area (Å²) >= 11 is 11.8. The zero-order chi connectivity index (χ0) is 14.6. The highest BCUT2D eigenvalue weighted by atomic mass is 35.5. The fraction of sp³-hybridized carbons (Fsp3) is 0.429. The molecule has 0 saturated heterocycles. The lowest BCUT2D eigenvalue weighted by molar-refractivity contribution is 0.459. The van der Waals surface area contributed by atoms with Gasteiger partial charge in [0.1, 0.15) is 12.0 Å². The minimum Gasteiger partial charge on any atom is -0.313 e. The average Bonchev–Trinajstić information content (AvgIpc) is 3.16. The fourth-order valence-electron chi connectivity index (χ4n) is 1.88. The number of rotatable bonds is 7. The molecule has 20 heavy (non-hydrogen) atoms. The molecule has 0 heterocycles. The van der Waals surface area contributed by atoms with Crippen molar-refractivity contribution < 1.29 is 9.79 Å². The number of hydrogen-bond acceptors (Lipinski definition) is 3. The number of halogens is 2. The molecule has 6 heteroatoms. The zero-order valence-corrected chi connectivity index (χ0v) is 13.6. The van der Waals surface area contributed by atoms with E-state index in [-0.39, 0.29) is 0 Å². The van der Waals surface area contributed by atoms with Crippen molar-refractivity contribution >= 4 is 30.9 Å². The van der Waals surface area contributed by atoms with Crippen LogP contribution in [0.2, 0.25) is 10.0 Å². The Kier molecular flexibility index (Phi) is 5.85. The molecule has 1 aromatic carbocycles. The Morgan fingerprint density at radius 1 is 1.20 bits per heavy atom. The third-order valence-corrected chi connectivity index (χ3v) is 5.57. The van der Waals surface area contributed by atoms with Gasteiger partial charge >= 0.3 is 0 Å². The van der Waals surface area contributed by atoms with Crippen LogP contribution in [0.15, 0.2) is 29.6 Å². The topological polar surface area (TPSA) is 52.5 Å². The van der Waals surface area contributed by atoms with E-state index in [0.717, 1.165) is 31.4 Å². The third-order valence-electron chi connectivity index (χ3n) is 3.08. The highest BCUT2D eigenvalue weighted by Gasteiger charge is 2.32. The number of nitrogens with one attached hydrogen (secondary N) is 1. The van der Waals surface area contributed by atoms with Gasteiger partial charge in [-0.3, -0.25) is 0 Å². The molecule has 1 saturated carbocycles. The Hall–Kier alpha value is -0.150. The highest BCUT2D eigenvalue weighted by Crippen LogP contribution is 2.55. The van der Waals surface area contributed by atoms with Crippen molar-refractivity contribution in [2.24, 2.45) is 0 Å². The van der Waals surface area contributed by atoms with Crippen LogP contribution in [0.4, 0.5) is 0 Å². The second-order valence-electron chi connectivity index (χ2n) is 5.08. The minimum absolute atomic E-state index is 0.449. The molecule has 0 atom stereocenters. The van der Waals surface area contributed by atoms with E-state index in [1.54, 1.807) is 11.9 Å². The van der Waals surface area contributed by atoms with Crippen molar-refractivity contribution in [3.05, 3.63) is 45.2 Å². The van der Waals surface area contributed by atoms with Crippen LogP contribution in [0.3, 0.4) is 0 Å². The Labute approximate surface area is 130 Å². The molecule has 0 aromatic heterocycles. The van der Waals surface area contributed by atoms with Crippen molar-refractivity contribution in [1.29, 1.82) is 0 Å². The first kappa shape index (κ1) is 16.2. The molecule has 3 nitrogen and oxygen atoms in total. The SMILES string of the molecule is O[P+](O)(C=C1CC1)CCCNCc1ccc(Cl)c(Cl)c1. The van der Waals surface area contributed by atoms with Crippen molar-refractivity contribution in [1.82, 2.24) is 5.32 Å². The molecule has 1 aromatic rings. The summed E-state index contributed by atoms with van der Waals surface area (Å²) in [6.45, 7) is 1.44. The summed E-state index contributed by atoms with van der Waals surface area (Å²) in [5, 5.41) is 4.37. The maximum atomic E-state index is 9.84. The van der Waals surface area contributed by atoms with Gasteiger partial charge in [-0.05, 0) is 49.1 Å². The zero-order valence-electron chi connectivity index (χ0n) is 11.1. The normalized spacial score (nSPS) is 14.5. The van der Waals surface area contributed by atoms with E-state index in [2.05, 4.69) is 5.32 Å². The van der Waals surface area contributed by atoms with Crippen LogP contribution in [0.1, 0.15) is 24.8 Å². The molecule has 0 spiro atoms. The Balaban J connectivity index is 1.66. The van der Waals surface area contributed by atoms with Crippen molar-refractivity contribution in [2.75, 3.05) is 12.7 Å². The van der Waals surface area contributed by atoms with E-state index in [9.17, 15) is 9.79 Å². The first-order chi connectivity index (χ1) is 9.46. The summed E-state index contributed by atoms with van der Waals surface area (Å²) in [5.41, 5.74) is 2.25. The predicted octanol–water partition coefficient (Wildman–Crippen LogP) is 3.98. The van der Waals surface area contributed by atoms with E-state index in [1.165, 1.54) is 5.57 Å². The van der Waals surface area contributed by atoms with Gasteiger partial charge in [-0.25, -0.2) is 9.79 Å². The summed E-state index contributed by atoms with van der Waals surface area (Å²) in [7, 11) is -2.80. The van der Waals surface area contributed by atoms with Crippen molar-refractivity contribution in [3.8, 4) is 0 Å². The first-order valence-electron chi connectivity index (χ1n) is 6.65. The molecule has 0 unspecified atom stereocenters. The summed E-state index contributed by atoms with van der Waals surface area (Å²) in [4.78, 5) is 19.7. The summed E-state index contributed by atoms with van der Waals surface area (Å²) < 4.78 is 0. The minimum atomic E-state index is -2.80. The van der Waals surface area contributed by atoms with E-state index < -0.39 is 7.72 Å². The molecule has 0 aliphatic heterocycles. The largest absolute Gasteiger partial charge is 0.313 e. The maximum absolute atomic E-state index is 9.84. The monoisotopic (exact) mass is 334 g/mol. The molecule has 1 fully saturated rings. The lowest BCUT2D eigenvalue weighted by Gasteiger charge is -2.09. The Morgan fingerprint density at radius 2 is 1.95 bits per heavy atom. The van der Waals surface area contributed by atoms with Gasteiger partial charge < -0.3 is 5.32 Å². The van der Waals surface area contributed by atoms with Gasteiger partial charge in [0.05, 0.1) is 10.0 Å². The van der Waals surface area contributed by atoms with Crippen molar-refractivity contribution in [2.45, 2.75) is 25.8 Å². The predicted molar refractivity (Wildman–Crippen MR) is 86.3 cm³/mol. The van der Waals surface area contributed by atoms with Crippen LogP contribution >= 0.6 is 30.9 Å². The van der Waals surface area contributed by atoms with Crippen LogP contribution < -0.4 is 5.32 Å². The molecule has 1 aliphatic rings. The van der Waals surface area contributed by atoms with Gasteiger partial charge in [0.25, 0.3) is 7.72 Å². The van der Waals surface area contributed by atoms with Crippen LogP contribution in [-0.4, -0.2) is 22.5 Å². The van der Waals surface area contributed by atoms with Gasteiger partial charge in [0.15, 0.2) is 0 Å². The first-order valence-corrected chi connectivity index (χ1v) is 9.35.